The van der Waals surface area contributed by atoms with Crippen molar-refractivity contribution in [1.82, 2.24) is 10.3 Å². The van der Waals surface area contributed by atoms with Crippen LogP contribution in [-0.2, 0) is 14.6 Å². The summed E-state index contributed by atoms with van der Waals surface area (Å²) < 4.78 is 72.3. The number of pyridine rings is 1. The lowest BCUT2D eigenvalue weighted by Gasteiger charge is -2.22. The fraction of sp³-hybridized carbons (Fsp3) is 0.429. The van der Waals surface area contributed by atoms with Gasteiger partial charge in [-0.3, -0.25) is 0 Å². The molecule has 1 fully saturated rings. The van der Waals surface area contributed by atoms with Crippen LogP contribution in [0.5, 0.6) is 11.5 Å². The number of carbonyl (C=O) groups is 1. The number of sulfone groups is 1. The summed E-state index contributed by atoms with van der Waals surface area (Å²) in [5, 5.41) is 3.23. The van der Waals surface area contributed by atoms with Crippen molar-refractivity contribution in [2.24, 2.45) is 5.92 Å². The Morgan fingerprint density at radius 3 is 2.50 bits per heavy atom. The van der Waals surface area contributed by atoms with Crippen molar-refractivity contribution in [1.29, 1.82) is 0 Å². The molecule has 1 aromatic carbocycles. The lowest BCUT2D eigenvalue weighted by Crippen LogP contribution is -2.30. The predicted octanol–water partition coefficient (Wildman–Crippen LogP) is 3.31. The Balaban J connectivity index is 1.94. The van der Waals surface area contributed by atoms with E-state index in [-0.39, 0.29) is 16.3 Å². The molecule has 0 saturated carbocycles. The molecule has 7 nitrogen and oxygen atoms in total. The van der Waals surface area contributed by atoms with Gasteiger partial charge >= 0.3 is 12.1 Å². The van der Waals surface area contributed by atoms with Crippen LogP contribution in [0.2, 0.25) is 0 Å². The molecule has 1 aromatic heterocycles. The maximum absolute atomic E-state index is 12.8. The fourth-order valence-corrected chi connectivity index (χ4v) is 4.04. The van der Waals surface area contributed by atoms with Gasteiger partial charge in [-0.25, -0.2) is 18.2 Å². The Labute approximate surface area is 183 Å². The number of nitrogens with one attached hydrogen (secondary N) is 1. The van der Waals surface area contributed by atoms with Crippen molar-refractivity contribution in [3.05, 3.63) is 36.0 Å². The Morgan fingerprint density at radius 2 is 1.91 bits per heavy atom. The van der Waals surface area contributed by atoms with E-state index in [0.717, 1.165) is 32.2 Å². The van der Waals surface area contributed by atoms with Crippen LogP contribution in [0.15, 0.2) is 35.4 Å². The van der Waals surface area contributed by atoms with Gasteiger partial charge in [0.15, 0.2) is 15.6 Å². The van der Waals surface area contributed by atoms with Crippen LogP contribution in [0.3, 0.4) is 0 Å². The monoisotopic (exact) mass is 472 g/mol. The van der Waals surface area contributed by atoms with Gasteiger partial charge in [0.1, 0.15) is 11.4 Å². The Kier molecular flexibility index (Phi) is 7.09. The molecule has 0 bridgehead atoms. The second-order valence-electron chi connectivity index (χ2n) is 7.66. The number of carbonyl (C=O) groups excluding carboxylic acids is 1. The van der Waals surface area contributed by atoms with Crippen LogP contribution in [-0.4, -0.2) is 51.5 Å². The summed E-state index contributed by atoms with van der Waals surface area (Å²) in [5.41, 5.74) is 0.731. The highest BCUT2D eigenvalue weighted by Gasteiger charge is 2.42. The zero-order chi connectivity index (χ0) is 23.5. The molecule has 1 aliphatic heterocycles. The number of piperidine rings is 1. The highest BCUT2D eigenvalue weighted by Crippen LogP contribution is 2.35. The van der Waals surface area contributed by atoms with Crippen LogP contribution in [0.4, 0.5) is 13.2 Å². The van der Waals surface area contributed by atoms with Crippen molar-refractivity contribution in [2.75, 3.05) is 26.0 Å². The molecule has 2 heterocycles. The Morgan fingerprint density at radius 1 is 1.22 bits per heavy atom. The second kappa shape index (κ2) is 9.45. The van der Waals surface area contributed by atoms with Gasteiger partial charge in [0.05, 0.1) is 17.7 Å². The summed E-state index contributed by atoms with van der Waals surface area (Å²) in [7, 11) is -3.48. The maximum Gasteiger partial charge on any atom is 0.491 e. The molecule has 0 aliphatic carbocycles. The fourth-order valence-electron chi connectivity index (χ4n) is 3.34. The van der Waals surface area contributed by atoms with Crippen molar-refractivity contribution in [3.8, 4) is 22.8 Å². The summed E-state index contributed by atoms with van der Waals surface area (Å²) in [4.78, 5) is 15.7. The van der Waals surface area contributed by atoms with E-state index in [4.69, 9.17) is 4.74 Å². The third kappa shape index (κ3) is 5.98. The highest BCUT2D eigenvalue weighted by molar-refractivity contribution is 7.90. The average molecular weight is 472 g/mol. The minimum Gasteiger partial charge on any atom is -0.492 e. The Hall–Kier alpha value is -2.66. The third-order valence-electron chi connectivity index (χ3n) is 5.09. The highest BCUT2D eigenvalue weighted by atomic mass is 32.2. The molecule has 1 aliphatic rings. The van der Waals surface area contributed by atoms with Crippen molar-refractivity contribution < 1.29 is 35.9 Å². The van der Waals surface area contributed by atoms with E-state index in [0.29, 0.717) is 23.7 Å². The number of ether oxygens (including phenoxy) is 2. The molecule has 0 radical (unpaired) electrons. The number of hydrogen-bond donors (Lipinski definition) is 1. The molecule has 0 amide bonds. The zero-order valence-electron chi connectivity index (χ0n) is 17.5. The molecule has 0 atom stereocenters. The summed E-state index contributed by atoms with van der Waals surface area (Å²) in [6, 6.07) is 5.30. The van der Waals surface area contributed by atoms with Crippen LogP contribution in [0.25, 0.3) is 11.3 Å². The lowest BCUT2D eigenvalue weighted by atomic mass is 9.99. The van der Waals surface area contributed by atoms with Gasteiger partial charge in [0.2, 0.25) is 0 Å². The topological polar surface area (TPSA) is 94.6 Å². The minimum absolute atomic E-state index is 0.0330. The molecule has 11 heteroatoms. The van der Waals surface area contributed by atoms with Crippen molar-refractivity contribution in [3.63, 3.8) is 0 Å². The van der Waals surface area contributed by atoms with Crippen LogP contribution < -0.4 is 14.8 Å². The number of rotatable bonds is 6. The molecule has 32 heavy (non-hydrogen) atoms. The molecule has 2 aromatic rings. The number of alkyl halides is 3. The molecule has 174 valence electrons. The second-order valence-corrected chi connectivity index (χ2v) is 9.67. The number of benzene rings is 1. The first-order valence-electron chi connectivity index (χ1n) is 9.89. The first-order chi connectivity index (χ1) is 14.9. The van der Waals surface area contributed by atoms with Crippen LogP contribution in [0.1, 0.15) is 18.4 Å². The van der Waals surface area contributed by atoms with E-state index in [1.807, 2.05) is 0 Å². The van der Waals surface area contributed by atoms with Gasteiger partial charge in [-0.2, -0.15) is 13.2 Å². The SMILES string of the molecule is Cc1cc(S(C)(=O)=O)ccc1-c1ncc(OCC2CCNCC2)cc1OC(=O)C(F)(F)F. The van der Waals surface area contributed by atoms with Gasteiger partial charge in [-0.15, -0.1) is 0 Å². The minimum atomic E-state index is -5.20. The van der Waals surface area contributed by atoms with Gasteiger partial charge in [-0.05, 0) is 56.5 Å². The average Bonchev–Trinajstić information content (AvgIpc) is 2.72. The van der Waals surface area contributed by atoms with Crippen molar-refractivity contribution >= 4 is 15.8 Å². The van der Waals surface area contributed by atoms with E-state index >= 15 is 0 Å². The lowest BCUT2D eigenvalue weighted by molar-refractivity contribution is -0.189. The number of nitrogens with zero attached hydrogens (tertiary/aromatic N) is 1. The number of hydrogen-bond acceptors (Lipinski definition) is 7. The largest absolute Gasteiger partial charge is 0.492 e. The number of aromatic nitrogens is 1. The summed E-state index contributed by atoms with van der Waals surface area (Å²) in [6.45, 7) is 3.67. The molecule has 0 unspecified atom stereocenters. The van der Waals surface area contributed by atoms with E-state index in [1.165, 1.54) is 30.5 Å². The van der Waals surface area contributed by atoms with Crippen LogP contribution in [0, 0.1) is 12.8 Å². The molecule has 0 spiro atoms. The first-order valence-corrected chi connectivity index (χ1v) is 11.8. The van der Waals surface area contributed by atoms with Gasteiger partial charge in [0.25, 0.3) is 0 Å². The van der Waals surface area contributed by atoms with E-state index in [9.17, 15) is 26.4 Å². The molecular weight excluding hydrogens is 449 g/mol. The normalized spacial score (nSPS) is 15.4. The maximum atomic E-state index is 12.8. The summed E-state index contributed by atoms with van der Waals surface area (Å²) in [6.07, 6.45) is -0.991. The smallest absolute Gasteiger partial charge is 0.491 e. The van der Waals surface area contributed by atoms with E-state index in [1.54, 1.807) is 6.92 Å². The number of aryl methyl sites for hydroxylation is 1. The predicted molar refractivity (Wildman–Crippen MR) is 110 cm³/mol. The van der Waals surface area contributed by atoms with E-state index in [2.05, 4.69) is 15.0 Å². The molecular formula is C21H23F3N2O5S. The molecule has 3 rings (SSSR count). The zero-order valence-corrected chi connectivity index (χ0v) is 18.3. The van der Waals surface area contributed by atoms with E-state index < -0.39 is 27.7 Å². The number of halogens is 3. The first kappa shape index (κ1) is 24.0. The third-order valence-corrected chi connectivity index (χ3v) is 6.20. The quantitative estimate of drug-likeness (QED) is 0.645. The van der Waals surface area contributed by atoms with Gasteiger partial charge in [0, 0.05) is 17.9 Å². The Bertz CT molecular complexity index is 1100. The molecule has 1 saturated heterocycles. The standard InChI is InChI=1S/C21H23F3N2O5S/c1-13-9-16(32(2,28)29)3-4-17(13)19-18(31-20(27)21(22,23)24)10-15(11-26-19)30-12-14-5-7-25-8-6-14/h3-4,9-11,14,25H,5-8,12H2,1-2H3. The summed E-state index contributed by atoms with van der Waals surface area (Å²) in [5.74, 6) is -2.35. The van der Waals surface area contributed by atoms with Gasteiger partial charge in [-0.1, -0.05) is 6.07 Å². The van der Waals surface area contributed by atoms with Crippen LogP contribution >= 0.6 is 0 Å². The molecule has 1 N–H and O–H groups in total. The number of esters is 1. The van der Waals surface area contributed by atoms with Gasteiger partial charge < -0.3 is 14.8 Å². The van der Waals surface area contributed by atoms with Crippen molar-refractivity contribution in [2.45, 2.75) is 30.8 Å². The summed E-state index contributed by atoms with van der Waals surface area (Å²) >= 11 is 0.